The first kappa shape index (κ1) is 17.0. The van der Waals surface area contributed by atoms with Crippen molar-refractivity contribution in [2.75, 3.05) is 13.7 Å². The van der Waals surface area contributed by atoms with Gasteiger partial charge in [-0.1, -0.05) is 23.2 Å². The number of nitrogens with two attached hydrogens (primary N) is 1. The lowest BCUT2D eigenvalue weighted by atomic mass is 9.80. The number of benzene rings is 1. The van der Waals surface area contributed by atoms with Crippen molar-refractivity contribution in [2.45, 2.75) is 36.3 Å². The van der Waals surface area contributed by atoms with Gasteiger partial charge in [0.15, 0.2) is 0 Å². The molecule has 3 N–H and O–H groups in total. The summed E-state index contributed by atoms with van der Waals surface area (Å²) in [7, 11) is -2.18. The fraction of sp³-hybridized carbons (Fsp3) is 0.538. The summed E-state index contributed by atoms with van der Waals surface area (Å²) in [6.45, 7) is 0.330. The average Bonchev–Trinajstić information content (AvgIpc) is 2.40. The molecule has 1 aliphatic rings. The molecule has 0 atom stereocenters. The number of rotatable bonds is 6. The standard InChI is InChI=1S/C13H18Cl2N2O3S/c1-20-13(3-2-4-13)8-17-21(18,19)11-6-10(14)5-9(7-16)12(11)15/h5-6,17H,2-4,7-8,16H2,1H3. The Morgan fingerprint density at radius 1 is 1.38 bits per heavy atom. The van der Waals surface area contributed by atoms with Gasteiger partial charge in [-0.2, -0.15) is 0 Å². The molecular weight excluding hydrogens is 335 g/mol. The summed E-state index contributed by atoms with van der Waals surface area (Å²) in [6.07, 6.45) is 2.71. The summed E-state index contributed by atoms with van der Waals surface area (Å²) >= 11 is 12.0. The zero-order valence-corrected chi connectivity index (χ0v) is 14.0. The first-order valence-electron chi connectivity index (χ1n) is 6.56. The van der Waals surface area contributed by atoms with Crippen LogP contribution in [0.25, 0.3) is 0 Å². The second-order valence-corrected chi connectivity index (χ2v) is 7.70. The Bertz CT molecular complexity index is 625. The molecule has 0 bridgehead atoms. The lowest BCUT2D eigenvalue weighted by molar-refractivity contribution is -0.0659. The number of methoxy groups -OCH3 is 1. The van der Waals surface area contributed by atoms with E-state index < -0.39 is 15.6 Å². The third kappa shape index (κ3) is 3.52. The highest BCUT2D eigenvalue weighted by atomic mass is 35.5. The molecule has 5 nitrogen and oxygen atoms in total. The Balaban J connectivity index is 2.25. The van der Waals surface area contributed by atoms with Gasteiger partial charge in [0.05, 0.1) is 10.6 Å². The fourth-order valence-electron chi connectivity index (χ4n) is 2.29. The monoisotopic (exact) mass is 352 g/mol. The maximum absolute atomic E-state index is 12.4. The molecule has 1 aromatic carbocycles. The van der Waals surface area contributed by atoms with E-state index in [9.17, 15) is 8.42 Å². The predicted molar refractivity (Wildman–Crippen MR) is 83.1 cm³/mol. The molecule has 0 spiro atoms. The van der Waals surface area contributed by atoms with Crippen LogP contribution >= 0.6 is 23.2 Å². The van der Waals surface area contributed by atoms with E-state index >= 15 is 0 Å². The highest BCUT2D eigenvalue weighted by Gasteiger charge is 2.38. The van der Waals surface area contributed by atoms with Crippen LogP contribution in [0.4, 0.5) is 0 Å². The quantitative estimate of drug-likeness (QED) is 0.822. The SMILES string of the molecule is COC1(CNS(=O)(=O)c2cc(Cl)cc(CN)c2Cl)CCC1. The van der Waals surface area contributed by atoms with E-state index in [-0.39, 0.29) is 28.0 Å². The predicted octanol–water partition coefficient (Wildman–Crippen LogP) is 2.30. The van der Waals surface area contributed by atoms with Gasteiger partial charge in [-0.15, -0.1) is 0 Å². The molecule has 118 valence electrons. The fourth-order valence-corrected chi connectivity index (χ4v) is 4.35. The highest BCUT2D eigenvalue weighted by Crippen LogP contribution is 2.35. The van der Waals surface area contributed by atoms with Crippen LogP contribution in [0.3, 0.4) is 0 Å². The van der Waals surface area contributed by atoms with Crippen molar-refractivity contribution in [1.29, 1.82) is 0 Å². The smallest absolute Gasteiger partial charge is 0.242 e. The molecule has 8 heteroatoms. The van der Waals surface area contributed by atoms with Crippen LogP contribution in [0.5, 0.6) is 0 Å². The lowest BCUT2D eigenvalue weighted by Gasteiger charge is -2.40. The average molecular weight is 353 g/mol. The molecular formula is C13H18Cl2N2O3S. The molecule has 1 saturated carbocycles. The summed E-state index contributed by atoms with van der Waals surface area (Å²) < 4.78 is 32.8. The maximum Gasteiger partial charge on any atom is 0.242 e. The summed E-state index contributed by atoms with van der Waals surface area (Å²) in [5.74, 6) is 0. The Morgan fingerprint density at radius 3 is 2.52 bits per heavy atom. The molecule has 0 saturated heterocycles. The van der Waals surface area contributed by atoms with Crippen LogP contribution in [-0.2, 0) is 21.3 Å². The van der Waals surface area contributed by atoms with Crippen molar-refractivity contribution in [3.8, 4) is 0 Å². The van der Waals surface area contributed by atoms with Gasteiger partial charge in [-0.3, -0.25) is 0 Å². The molecule has 0 unspecified atom stereocenters. The van der Waals surface area contributed by atoms with Crippen molar-refractivity contribution in [3.05, 3.63) is 27.7 Å². The van der Waals surface area contributed by atoms with E-state index in [1.165, 1.54) is 6.07 Å². The molecule has 1 fully saturated rings. The lowest BCUT2D eigenvalue weighted by Crippen LogP contribution is -2.49. The van der Waals surface area contributed by atoms with Gasteiger partial charge in [0.25, 0.3) is 0 Å². The van der Waals surface area contributed by atoms with Crippen LogP contribution in [-0.4, -0.2) is 27.7 Å². The van der Waals surface area contributed by atoms with Crippen molar-refractivity contribution in [2.24, 2.45) is 5.73 Å². The van der Waals surface area contributed by atoms with Crippen LogP contribution in [0.15, 0.2) is 17.0 Å². The van der Waals surface area contributed by atoms with Crippen LogP contribution < -0.4 is 10.5 Å². The molecule has 0 heterocycles. The largest absolute Gasteiger partial charge is 0.377 e. The van der Waals surface area contributed by atoms with Crippen molar-refractivity contribution in [1.82, 2.24) is 4.72 Å². The Labute approximate surface area is 134 Å². The van der Waals surface area contributed by atoms with Crippen molar-refractivity contribution in [3.63, 3.8) is 0 Å². The minimum atomic E-state index is -3.77. The van der Waals surface area contributed by atoms with Gasteiger partial charge in [-0.05, 0) is 37.0 Å². The molecule has 0 aliphatic heterocycles. The Hall–Kier alpha value is -0.370. The van der Waals surface area contributed by atoms with Gasteiger partial charge in [0, 0.05) is 25.2 Å². The molecule has 1 aliphatic carbocycles. The Kier molecular flexibility index (Phi) is 5.18. The van der Waals surface area contributed by atoms with Crippen molar-refractivity contribution >= 4 is 33.2 Å². The van der Waals surface area contributed by atoms with E-state index in [0.717, 1.165) is 19.3 Å². The third-order valence-corrected chi connectivity index (χ3v) is 6.07. The summed E-state index contributed by atoms with van der Waals surface area (Å²) in [4.78, 5) is -0.0531. The van der Waals surface area contributed by atoms with Gasteiger partial charge in [-0.25, -0.2) is 13.1 Å². The first-order valence-corrected chi connectivity index (χ1v) is 8.80. The molecule has 1 aromatic rings. The van der Waals surface area contributed by atoms with Crippen LogP contribution in [0, 0.1) is 0 Å². The van der Waals surface area contributed by atoms with E-state index in [1.807, 2.05) is 0 Å². The Morgan fingerprint density at radius 2 is 2.05 bits per heavy atom. The minimum absolute atomic E-state index is 0.0531. The number of hydrogen-bond donors (Lipinski definition) is 2. The van der Waals surface area contributed by atoms with Crippen LogP contribution in [0.1, 0.15) is 24.8 Å². The summed E-state index contributed by atoms with van der Waals surface area (Å²) in [5, 5.41) is 0.389. The number of hydrogen-bond acceptors (Lipinski definition) is 4. The molecule has 0 aromatic heterocycles. The zero-order valence-electron chi connectivity index (χ0n) is 11.7. The van der Waals surface area contributed by atoms with E-state index in [4.69, 9.17) is 33.7 Å². The third-order valence-electron chi connectivity index (χ3n) is 3.87. The van der Waals surface area contributed by atoms with E-state index in [1.54, 1.807) is 13.2 Å². The number of halogens is 2. The van der Waals surface area contributed by atoms with Gasteiger partial charge in [0.2, 0.25) is 10.0 Å². The van der Waals surface area contributed by atoms with Gasteiger partial charge < -0.3 is 10.5 Å². The maximum atomic E-state index is 12.4. The van der Waals surface area contributed by atoms with E-state index in [0.29, 0.717) is 5.56 Å². The molecule has 2 rings (SSSR count). The molecule has 0 radical (unpaired) electrons. The number of ether oxygens (including phenoxy) is 1. The second-order valence-electron chi connectivity index (χ2n) is 5.15. The van der Waals surface area contributed by atoms with Crippen LogP contribution in [0.2, 0.25) is 10.0 Å². The van der Waals surface area contributed by atoms with Crippen molar-refractivity contribution < 1.29 is 13.2 Å². The minimum Gasteiger partial charge on any atom is -0.377 e. The first-order chi connectivity index (χ1) is 9.83. The molecule has 0 amide bonds. The van der Waals surface area contributed by atoms with Gasteiger partial charge >= 0.3 is 0 Å². The zero-order chi connectivity index (χ0) is 15.7. The topological polar surface area (TPSA) is 81.4 Å². The number of nitrogens with one attached hydrogen (secondary N) is 1. The normalized spacial score (nSPS) is 17.5. The van der Waals surface area contributed by atoms with E-state index in [2.05, 4.69) is 4.72 Å². The van der Waals surface area contributed by atoms with Gasteiger partial charge in [0.1, 0.15) is 4.90 Å². The molecule has 21 heavy (non-hydrogen) atoms. The summed E-state index contributed by atoms with van der Waals surface area (Å²) in [5.41, 5.74) is 5.64. The second kappa shape index (κ2) is 6.40. The number of sulfonamides is 1. The highest BCUT2D eigenvalue weighted by molar-refractivity contribution is 7.89. The summed E-state index contributed by atoms with van der Waals surface area (Å²) in [6, 6.07) is 2.89.